The molecule has 0 saturated carbocycles. The second kappa shape index (κ2) is 6.36. The van der Waals surface area contributed by atoms with E-state index >= 15 is 0 Å². The van der Waals surface area contributed by atoms with Gasteiger partial charge in [0.15, 0.2) is 0 Å². The van der Waals surface area contributed by atoms with Gasteiger partial charge in [-0.25, -0.2) is 4.39 Å². The zero-order chi connectivity index (χ0) is 16.4. The zero-order valence-electron chi connectivity index (χ0n) is 12.7. The Labute approximate surface area is 134 Å². The van der Waals surface area contributed by atoms with E-state index in [9.17, 15) is 14.0 Å². The zero-order valence-corrected chi connectivity index (χ0v) is 12.7. The Morgan fingerprint density at radius 2 is 1.91 bits per heavy atom. The van der Waals surface area contributed by atoms with E-state index in [0.717, 1.165) is 16.3 Å². The summed E-state index contributed by atoms with van der Waals surface area (Å²) in [6.07, 6.45) is -0.355. The lowest BCUT2D eigenvalue weighted by Gasteiger charge is -2.21. The number of nitrogens with two attached hydrogens (primary N) is 1. The minimum atomic E-state index is -1.17. The Morgan fingerprint density at radius 1 is 1.17 bits per heavy atom. The van der Waals surface area contributed by atoms with Crippen molar-refractivity contribution in [3.05, 3.63) is 48.0 Å². The molecule has 0 aromatic heterocycles. The van der Waals surface area contributed by atoms with E-state index in [4.69, 9.17) is 5.73 Å². The third-order valence-electron chi connectivity index (χ3n) is 4.34. The standard InChI is InChI=1S/C18H19FN2O2/c19-15-10-16(18(20)23)21(11-15)17(22)8-6-12-5-7-13-3-1-2-4-14(13)9-12/h1-5,7,9,15-16H,6,8,10-11H2,(H2,20,23)/t15-,16+/m1/s1. The van der Waals surface area contributed by atoms with Crippen LogP contribution in [0.4, 0.5) is 4.39 Å². The summed E-state index contributed by atoms with van der Waals surface area (Å²) in [7, 11) is 0. The molecule has 1 aliphatic heterocycles. The minimum Gasteiger partial charge on any atom is -0.368 e. The van der Waals surface area contributed by atoms with E-state index in [2.05, 4.69) is 6.07 Å². The molecule has 120 valence electrons. The number of benzene rings is 2. The molecule has 1 heterocycles. The van der Waals surface area contributed by atoms with Crippen LogP contribution in [0.3, 0.4) is 0 Å². The van der Waals surface area contributed by atoms with Gasteiger partial charge in [0, 0.05) is 12.8 Å². The summed E-state index contributed by atoms with van der Waals surface area (Å²) in [4.78, 5) is 24.9. The first-order valence-electron chi connectivity index (χ1n) is 7.75. The number of hydrogen-bond donors (Lipinski definition) is 1. The monoisotopic (exact) mass is 314 g/mol. The molecule has 0 unspecified atom stereocenters. The summed E-state index contributed by atoms with van der Waals surface area (Å²) < 4.78 is 13.5. The maximum Gasteiger partial charge on any atom is 0.240 e. The summed E-state index contributed by atoms with van der Waals surface area (Å²) in [5.74, 6) is -0.855. The van der Waals surface area contributed by atoms with E-state index in [-0.39, 0.29) is 25.3 Å². The van der Waals surface area contributed by atoms with E-state index in [1.807, 2.05) is 36.4 Å². The molecule has 1 fully saturated rings. The number of alkyl halides is 1. The molecule has 4 nitrogen and oxygen atoms in total. The Morgan fingerprint density at radius 3 is 2.65 bits per heavy atom. The van der Waals surface area contributed by atoms with Crippen LogP contribution in [-0.2, 0) is 16.0 Å². The molecule has 3 rings (SSSR count). The van der Waals surface area contributed by atoms with Crippen LogP contribution in [0.1, 0.15) is 18.4 Å². The number of fused-ring (bicyclic) bond motifs is 1. The normalized spacial score (nSPS) is 20.8. The SMILES string of the molecule is NC(=O)[C@@H]1C[C@@H](F)CN1C(=O)CCc1ccc2ccccc2c1. The van der Waals surface area contributed by atoms with Gasteiger partial charge in [-0.15, -0.1) is 0 Å². The molecule has 0 radical (unpaired) electrons. The fourth-order valence-electron chi connectivity index (χ4n) is 3.12. The Balaban J connectivity index is 1.66. The number of nitrogens with zero attached hydrogens (tertiary/aromatic N) is 1. The number of carbonyl (C=O) groups excluding carboxylic acids is 2. The van der Waals surface area contributed by atoms with Gasteiger partial charge >= 0.3 is 0 Å². The van der Waals surface area contributed by atoms with Gasteiger partial charge in [-0.1, -0.05) is 42.5 Å². The summed E-state index contributed by atoms with van der Waals surface area (Å²) in [6, 6.07) is 13.3. The maximum atomic E-state index is 13.5. The molecule has 0 aliphatic carbocycles. The molecule has 0 spiro atoms. The lowest BCUT2D eigenvalue weighted by molar-refractivity contribution is -0.137. The molecule has 1 saturated heterocycles. The van der Waals surface area contributed by atoms with Crippen molar-refractivity contribution in [3.8, 4) is 0 Å². The first-order valence-corrected chi connectivity index (χ1v) is 7.75. The van der Waals surface area contributed by atoms with Crippen molar-refractivity contribution in [1.29, 1.82) is 0 Å². The highest BCUT2D eigenvalue weighted by atomic mass is 19.1. The maximum absolute atomic E-state index is 13.5. The third kappa shape index (κ3) is 3.33. The highest BCUT2D eigenvalue weighted by molar-refractivity contribution is 5.87. The topological polar surface area (TPSA) is 63.4 Å². The van der Waals surface area contributed by atoms with Crippen LogP contribution < -0.4 is 5.73 Å². The number of carbonyl (C=O) groups is 2. The average molecular weight is 314 g/mol. The van der Waals surface area contributed by atoms with Crippen LogP contribution in [0.15, 0.2) is 42.5 Å². The highest BCUT2D eigenvalue weighted by Gasteiger charge is 2.38. The average Bonchev–Trinajstić information content (AvgIpc) is 2.95. The lowest BCUT2D eigenvalue weighted by Crippen LogP contribution is -2.43. The first kappa shape index (κ1) is 15.5. The van der Waals surface area contributed by atoms with Gasteiger partial charge in [0.25, 0.3) is 0 Å². The molecular weight excluding hydrogens is 295 g/mol. The molecule has 5 heteroatoms. The quantitative estimate of drug-likeness (QED) is 0.940. The van der Waals surface area contributed by atoms with Crippen molar-refractivity contribution in [2.75, 3.05) is 6.54 Å². The molecule has 2 N–H and O–H groups in total. The molecule has 2 amide bonds. The number of halogens is 1. The summed E-state index contributed by atoms with van der Waals surface area (Å²) in [5, 5.41) is 2.27. The van der Waals surface area contributed by atoms with E-state index < -0.39 is 18.1 Å². The van der Waals surface area contributed by atoms with Gasteiger partial charge < -0.3 is 10.6 Å². The predicted molar refractivity (Wildman–Crippen MR) is 86.5 cm³/mol. The van der Waals surface area contributed by atoms with Gasteiger partial charge in [-0.2, -0.15) is 0 Å². The molecule has 0 bridgehead atoms. The van der Waals surface area contributed by atoms with Crippen molar-refractivity contribution in [1.82, 2.24) is 4.90 Å². The fourth-order valence-corrected chi connectivity index (χ4v) is 3.12. The van der Waals surface area contributed by atoms with E-state index in [1.54, 1.807) is 0 Å². The van der Waals surface area contributed by atoms with Gasteiger partial charge in [0.2, 0.25) is 11.8 Å². The number of rotatable bonds is 4. The number of amides is 2. The van der Waals surface area contributed by atoms with Gasteiger partial charge in [-0.3, -0.25) is 9.59 Å². The predicted octanol–water partition coefficient (Wildman–Crippen LogP) is 2.20. The van der Waals surface area contributed by atoms with Crippen molar-refractivity contribution >= 4 is 22.6 Å². The molecule has 2 atom stereocenters. The highest BCUT2D eigenvalue weighted by Crippen LogP contribution is 2.22. The summed E-state index contributed by atoms with van der Waals surface area (Å²) in [6.45, 7) is -0.0375. The number of aryl methyl sites for hydroxylation is 1. The Bertz CT molecular complexity index is 747. The minimum absolute atomic E-state index is 0.0110. The smallest absolute Gasteiger partial charge is 0.240 e. The fraction of sp³-hybridized carbons (Fsp3) is 0.333. The molecule has 23 heavy (non-hydrogen) atoms. The first-order chi connectivity index (χ1) is 11.0. The van der Waals surface area contributed by atoms with E-state index in [1.165, 1.54) is 4.90 Å². The molecular formula is C18H19FN2O2. The third-order valence-corrected chi connectivity index (χ3v) is 4.34. The Hall–Kier alpha value is -2.43. The molecule has 1 aliphatic rings. The van der Waals surface area contributed by atoms with Crippen LogP contribution in [0.5, 0.6) is 0 Å². The number of primary amides is 1. The second-order valence-electron chi connectivity index (χ2n) is 5.98. The van der Waals surface area contributed by atoms with Crippen molar-refractivity contribution in [3.63, 3.8) is 0 Å². The Kier molecular flexibility index (Phi) is 4.28. The van der Waals surface area contributed by atoms with Gasteiger partial charge in [-0.05, 0) is 22.8 Å². The van der Waals surface area contributed by atoms with Crippen LogP contribution in [0.25, 0.3) is 10.8 Å². The van der Waals surface area contributed by atoms with Crippen LogP contribution in [-0.4, -0.2) is 35.5 Å². The largest absolute Gasteiger partial charge is 0.368 e. The number of likely N-dealkylation sites (tertiary alicyclic amines) is 1. The molecule has 2 aromatic rings. The summed E-state index contributed by atoms with van der Waals surface area (Å²) in [5.41, 5.74) is 6.30. The second-order valence-corrected chi connectivity index (χ2v) is 5.98. The van der Waals surface area contributed by atoms with E-state index in [0.29, 0.717) is 6.42 Å². The van der Waals surface area contributed by atoms with Gasteiger partial charge in [0.05, 0.1) is 6.54 Å². The van der Waals surface area contributed by atoms with Crippen molar-refractivity contribution < 1.29 is 14.0 Å². The van der Waals surface area contributed by atoms with Crippen LogP contribution in [0.2, 0.25) is 0 Å². The van der Waals surface area contributed by atoms with Crippen LogP contribution in [0, 0.1) is 0 Å². The van der Waals surface area contributed by atoms with Gasteiger partial charge in [0.1, 0.15) is 12.2 Å². The summed E-state index contributed by atoms with van der Waals surface area (Å²) >= 11 is 0. The molecule has 2 aromatic carbocycles. The van der Waals surface area contributed by atoms with Crippen LogP contribution >= 0.6 is 0 Å². The van der Waals surface area contributed by atoms with Crippen molar-refractivity contribution in [2.24, 2.45) is 5.73 Å². The van der Waals surface area contributed by atoms with Crippen molar-refractivity contribution in [2.45, 2.75) is 31.5 Å². The lowest BCUT2D eigenvalue weighted by atomic mass is 10.0. The number of hydrogen-bond acceptors (Lipinski definition) is 2.